The quantitative estimate of drug-likeness (QED) is 0.629. The van der Waals surface area contributed by atoms with E-state index < -0.39 is 10.0 Å². The van der Waals surface area contributed by atoms with Crippen LogP contribution in [0, 0.1) is 0 Å². The van der Waals surface area contributed by atoms with E-state index in [1.165, 1.54) is 0 Å². The van der Waals surface area contributed by atoms with Gasteiger partial charge in [-0.1, -0.05) is 13.8 Å². The van der Waals surface area contributed by atoms with E-state index in [4.69, 9.17) is 4.74 Å². The fourth-order valence-electron chi connectivity index (χ4n) is 0.509. The molecule has 0 aliphatic heterocycles. The highest BCUT2D eigenvalue weighted by atomic mass is 32.3. The minimum absolute atomic E-state index is 0.00280. The summed E-state index contributed by atoms with van der Waals surface area (Å²) in [4.78, 5) is 11.5. The second-order valence-corrected chi connectivity index (χ2v) is 7.96. The lowest BCUT2D eigenvalue weighted by molar-refractivity contribution is 0.141. The Kier molecular flexibility index (Phi) is 4.11. The Morgan fingerprint density at radius 1 is 1.17 bits per heavy atom. The maximum absolute atomic E-state index is 11.5. The minimum Gasteiger partial charge on any atom is -0.456 e. The summed E-state index contributed by atoms with van der Waals surface area (Å²) in [6.45, 7) is 7.90. The van der Waals surface area contributed by atoms with Crippen molar-refractivity contribution < 1.29 is 9.53 Å². The Morgan fingerprint density at radius 3 is 1.83 bits per heavy atom. The van der Waals surface area contributed by atoms with E-state index in [2.05, 4.69) is 13.8 Å². The van der Waals surface area contributed by atoms with Crippen molar-refractivity contribution >= 4 is 15.3 Å². The summed E-state index contributed by atoms with van der Waals surface area (Å²) < 4.78 is 5.17. The van der Waals surface area contributed by atoms with Gasteiger partial charge < -0.3 is 4.74 Å². The molecule has 0 bridgehead atoms. The van der Waals surface area contributed by atoms with Crippen LogP contribution in [0.25, 0.3) is 0 Å². The summed E-state index contributed by atoms with van der Waals surface area (Å²) in [6, 6.07) is 0. The molecule has 0 fully saturated rings. The smallest absolute Gasteiger partial charge is 0.349 e. The zero-order valence-electron chi connectivity index (χ0n) is 8.88. The van der Waals surface area contributed by atoms with E-state index in [-0.39, 0.29) is 11.4 Å². The molecular formula is C9H20O2S. The first kappa shape index (κ1) is 11.8. The standard InChI is InChI=1S/C9H20O2S/c1-7(2)11-9(10)12(5,6)8(3)4/h7-8H,1-6H3. The molecule has 74 valence electrons. The van der Waals surface area contributed by atoms with Crippen molar-refractivity contribution in [3.63, 3.8) is 0 Å². The maximum atomic E-state index is 11.5. The van der Waals surface area contributed by atoms with Crippen molar-refractivity contribution in [1.29, 1.82) is 0 Å². The molecule has 0 aliphatic carbocycles. The van der Waals surface area contributed by atoms with Gasteiger partial charge in [0.25, 0.3) is 0 Å². The molecule has 2 nitrogen and oxygen atoms in total. The minimum atomic E-state index is -1.23. The Hall–Kier alpha value is -0.180. The van der Waals surface area contributed by atoms with Crippen molar-refractivity contribution in [1.82, 2.24) is 0 Å². The van der Waals surface area contributed by atoms with Crippen molar-refractivity contribution in [2.24, 2.45) is 0 Å². The van der Waals surface area contributed by atoms with E-state index in [9.17, 15) is 4.79 Å². The molecule has 0 heterocycles. The molecule has 0 atom stereocenters. The molecule has 0 aromatic rings. The molecule has 3 heteroatoms. The Bertz CT molecular complexity index is 162. The lowest BCUT2D eigenvalue weighted by atomic mass is 10.5. The Balaban J connectivity index is 4.26. The number of carbonyl (C=O) groups is 1. The molecule has 0 aliphatic rings. The lowest BCUT2D eigenvalue weighted by Gasteiger charge is -2.33. The number of carbonyl (C=O) groups excluding carboxylic acids is 1. The van der Waals surface area contributed by atoms with Crippen LogP contribution in [-0.2, 0) is 4.74 Å². The number of ether oxygens (including phenoxy) is 1. The van der Waals surface area contributed by atoms with Crippen LogP contribution in [-0.4, -0.2) is 29.2 Å². The third-order valence-electron chi connectivity index (χ3n) is 1.94. The normalized spacial score (nSPS) is 13.7. The fraction of sp³-hybridized carbons (Fsp3) is 0.889. The summed E-state index contributed by atoms with van der Waals surface area (Å²) in [5.74, 6) is 0. The third kappa shape index (κ3) is 3.05. The number of rotatable bonds is 2. The zero-order valence-corrected chi connectivity index (χ0v) is 9.70. The molecule has 0 rings (SSSR count). The topological polar surface area (TPSA) is 26.3 Å². The molecule has 0 saturated heterocycles. The molecule has 0 aromatic carbocycles. The molecule has 0 aromatic heterocycles. The highest BCUT2D eigenvalue weighted by Crippen LogP contribution is 2.46. The highest BCUT2D eigenvalue weighted by Gasteiger charge is 2.27. The summed E-state index contributed by atoms with van der Waals surface area (Å²) >= 11 is 0. The van der Waals surface area contributed by atoms with Crippen molar-refractivity contribution in [3.05, 3.63) is 0 Å². The molecule has 0 spiro atoms. The molecule has 0 radical (unpaired) electrons. The van der Waals surface area contributed by atoms with Crippen LogP contribution in [0.15, 0.2) is 0 Å². The second kappa shape index (κ2) is 4.17. The first-order valence-corrected chi connectivity index (χ1v) is 6.72. The van der Waals surface area contributed by atoms with Crippen molar-refractivity contribution in [2.75, 3.05) is 12.5 Å². The maximum Gasteiger partial charge on any atom is 0.349 e. The predicted octanol–water partition coefficient (Wildman–Crippen LogP) is 3.00. The zero-order chi connectivity index (χ0) is 9.94. The van der Waals surface area contributed by atoms with Gasteiger partial charge in [-0.25, -0.2) is 4.79 Å². The van der Waals surface area contributed by atoms with Gasteiger partial charge in [0.1, 0.15) is 0 Å². The van der Waals surface area contributed by atoms with Crippen LogP contribution >= 0.6 is 10.0 Å². The summed E-state index contributed by atoms with van der Waals surface area (Å²) in [5, 5.41) is 0.372. The van der Waals surface area contributed by atoms with Gasteiger partial charge in [0, 0.05) is 0 Å². The predicted molar refractivity (Wildman–Crippen MR) is 56.2 cm³/mol. The van der Waals surface area contributed by atoms with E-state index >= 15 is 0 Å². The van der Waals surface area contributed by atoms with Gasteiger partial charge in [-0.05, 0) is 31.6 Å². The van der Waals surface area contributed by atoms with Crippen LogP contribution in [0.3, 0.4) is 0 Å². The molecule has 12 heavy (non-hydrogen) atoms. The van der Waals surface area contributed by atoms with Crippen LogP contribution in [0.5, 0.6) is 0 Å². The van der Waals surface area contributed by atoms with Crippen molar-refractivity contribution in [3.8, 4) is 0 Å². The van der Waals surface area contributed by atoms with Crippen LogP contribution in [0.1, 0.15) is 27.7 Å². The van der Waals surface area contributed by atoms with Crippen LogP contribution in [0.4, 0.5) is 4.79 Å². The number of hydrogen-bond acceptors (Lipinski definition) is 2. The van der Waals surface area contributed by atoms with Gasteiger partial charge in [0.05, 0.1) is 6.10 Å². The highest BCUT2D eigenvalue weighted by molar-refractivity contribution is 8.44. The first-order valence-electron chi connectivity index (χ1n) is 4.21. The average molecular weight is 192 g/mol. The Labute approximate surface area is 77.0 Å². The van der Waals surface area contributed by atoms with Crippen molar-refractivity contribution in [2.45, 2.75) is 39.0 Å². The van der Waals surface area contributed by atoms with Gasteiger partial charge in [-0.3, -0.25) is 0 Å². The van der Waals surface area contributed by atoms with E-state index in [1.54, 1.807) is 0 Å². The summed E-state index contributed by atoms with van der Waals surface area (Å²) in [6.07, 6.45) is 4.01. The molecule has 0 unspecified atom stereocenters. The van der Waals surface area contributed by atoms with Crippen LogP contribution < -0.4 is 0 Å². The largest absolute Gasteiger partial charge is 0.456 e. The SMILES string of the molecule is CC(C)OC(=O)S(C)(C)C(C)C. The van der Waals surface area contributed by atoms with E-state index in [0.29, 0.717) is 5.25 Å². The lowest BCUT2D eigenvalue weighted by Crippen LogP contribution is -2.22. The van der Waals surface area contributed by atoms with Gasteiger partial charge >= 0.3 is 5.30 Å². The van der Waals surface area contributed by atoms with Gasteiger partial charge in [-0.2, -0.15) is 0 Å². The van der Waals surface area contributed by atoms with E-state index in [0.717, 1.165) is 0 Å². The monoisotopic (exact) mass is 192 g/mol. The molecule has 0 saturated carbocycles. The first-order chi connectivity index (χ1) is 5.28. The van der Waals surface area contributed by atoms with Gasteiger partial charge in [-0.15, -0.1) is 10.0 Å². The molecular weight excluding hydrogens is 172 g/mol. The second-order valence-electron chi connectivity index (χ2n) is 3.87. The third-order valence-corrected chi connectivity index (χ3v) is 5.25. The van der Waals surface area contributed by atoms with Gasteiger partial charge in [0.2, 0.25) is 0 Å². The molecule has 0 N–H and O–H groups in total. The van der Waals surface area contributed by atoms with E-state index in [1.807, 2.05) is 26.4 Å². The average Bonchev–Trinajstić information content (AvgIpc) is 1.85. The van der Waals surface area contributed by atoms with Gasteiger partial charge in [0.15, 0.2) is 0 Å². The summed E-state index contributed by atoms with van der Waals surface area (Å²) in [7, 11) is -1.23. The number of hydrogen-bond donors (Lipinski definition) is 0. The summed E-state index contributed by atoms with van der Waals surface area (Å²) in [5.41, 5.74) is 0. The molecule has 0 amide bonds. The fourth-order valence-corrected chi connectivity index (χ4v) is 1.33. The Morgan fingerprint density at radius 2 is 1.58 bits per heavy atom. The van der Waals surface area contributed by atoms with Crippen LogP contribution in [0.2, 0.25) is 0 Å².